The predicted octanol–water partition coefficient (Wildman–Crippen LogP) is 3.69. The lowest BCUT2D eigenvalue weighted by Crippen LogP contribution is -2.26. The highest BCUT2D eigenvalue weighted by Gasteiger charge is 2.17. The highest BCUT2D eigenvalue weighted by molar-refractivity contribution is 5.34. The number of aromatic nitrogens is 2. The minimum atomic E-state index is -0.627. The van der Waals surface area contributed by atoms with Gasteiger partial charge in [-0.3, -0.25) is 9.78 Å². The molecule has 1 aliphatic rings. The summed E-state index contributed by atoms with van der Waals surface area (Å²) in [4.78, 5) is 19.3. The third-order valence-electron chi connectivity index (χ3n) is 4.60. The number of H-pyrrole nitrogens is 1. The van der Waals surface area contributed by atoms with E-state index in [1.165, 1.54) is 24.6 Å². The van der Waals surface area contributed by atoms with Crippen LogP contribution in [0.5, 0.6) is 0 Å². The summed E-state index contributed by atoms with van der Waals surface area (Å²) in [7, 11) is 0. The molecule has 1 saturated carbocycles. The van der Waals surface area contributed by atoms with Crippen molar-refractivity contribution in [2.24, 2.45) is 0 Å². The molecule has 1 heterocycles. The number of nitrogens with zero attached hydrogens (tertiary/aromatic N) is 1. The molecule has 0 saturated heterocycles. The number of rotatable bonds is 4. The first-order chi connectivity index (χ1) is 11.5. The minimum absolute atomic E-state index is 0.0480. The highest BCUT2D eigenvalue weighted by atomic mass is 19.1. The van der Waals surface area contributed by atoms with Crippen molar-refractivity contribution in [3.63, 3.8) is 0 Å². The zero-order valence-electron chi connectivity index (χ0n) is 13.7. The molecule has 0 atom stereocenters. The molecule has 0 radical (unpaired) electrons. The maximum Gasteiger partial charge on any atom is 0.255 e. The first-order valence-corrected chi connectivity index (χ1v) is 8.34. The lowest BCUT2D eigenvalue weighted by atomic mass is 9.96. The third kappa shape index (κ3) is 3.63. The van der Waals surface area contributed by atoms with Crippen molar-refractivity contribution < 1.29 is 8.78 Å². The van der Waals surface area contributed by atoms with Crippen LogP contribution in [0.15, 0.2) is 23.0 Å². The van der Waals surface area contributed by atoms with Gasteiger partial charge in [-0.15, -0.1) is 0 Å². The van der Waals surface area contributed by atoms with Crippen LogP contribution in [0.1, 0.15) is 48.9 Å². The molecular formula is C18H21F2N3O. The second-order valence-corrected chi connectivity index (χ2v) is 6.34. The van der Waals surface area contributed by atoms with Crippen LogP contribution in [0, 0.1) is 18.6 Å². The number of hydrogen-bond donors (Lipinski definition) is 2. The van der Waals surface area contributed by atoms with Crippen molar-refractivity contribution in [1.29, 1.82) is 0 Å². The Morgan fingerprint density at radius 3 is 2.54 bits per heavy atom. The van der Waals surface area contributed by atoms with Crippen LogP contribution >= 0.6 is 0 Å². The summed E-state index contributed by atoms with van der Waals surface area (Å²) in [5.74, 6) is -0.874. The Bertz CT molecular complexity index is 762. The Morgan fingerprint density at radius 2 is 1.88 bits per heavy atom. The maximum atomic E-state index is 13.9. The van der Waals surface area contributed by atoms with Gasteiger partial charge >= 0.3 is 0 Å². The number of benzene rings is 1. The Kier molecular flexibility index (Phi) is 4.92. The second kappa shape index (κ2) is 7.11. The van der Waals surface area contributed by atoms with E-state index in [0.717, 1.165) is 25.7 Å². The first-order valence-electron chi connectivity index (χ1n) is 8.34. The molecule has 1 aromatic heterocycles. The topological polar surface area (TPSA) is 57.8 Å². The zero-order valence-corrected chi connectivity index (χ0v) is 13.7. The van der Waals surface area contributed by atoms with E-state index in [9.17, 15) is 13.6 Å². The molecule has 1 aliphatic carbocycles. The summed E-state index contributed by atoms with van der Waals surface area (Å²) in [5, 5.41) is 3.25. The largest absolute Gasteiger partial charge is 0.353 e. The van der Waals surface area contributed by atoms with Gasteiger partial charge in [-0.2, -0.15) is 0 Å². The summed E-state index contributed by atoms with van der Waals surface area (Å²) in [6, 6.07) is 4.02. The van der Waals surface area contributed by atoms with Crippen LogP contribution in [-0.2, 0) is 6.42 Å². The van der Waals surface area contributed by atoms with E-state index in [-0.39, 0.29) is 23.6 Å². The summed E-state index contributed by atoms with van der Waals surface area (Å²) >= 11 is 0. The maximum absolute atomic E-state index is 13.9. The van der Waals surface area contributed by atoms with E-state index in [1.54, 1.807) is 6.92 Å². The van der Waals surface area contributed by atoms with Crippen molar-refractivity contribution in [1.82, 2.24) is 9.97 Å². The van der Waals surface area contributed by atoms with E-state index < -0.39 is 11.6 Å². The molecule has 4 nitrogen and oxygen atoms in total. The molecule has 0 bridgehead atoms. The predicted molar refractivity (Wildman–Crippen MR) is 89.3 cm³/mol. The second-order valence-electron chi connectivity index (χ2n) is 6.34. The van der Waals surface area contributed by atoms with E-state index in [4.69, 9.17) is 0 Å². The average molecular weight is 333 g/mol. The number of halogens is 2. The van der Waals surface area contributed by atoms with Crippen molar-refractivity contribution >= 4 is 5.95 Å². The van der Waals surface area contributed by atoms with Gasteiger partial charge in [0.2, 0.25) is 5.95 Å². The fourth-order valence-corrected chi connectivity index (χ4v) is 3.13. The molecule has 1 aromatic carbocycles. The molecular weight excluding hydrogens is 312 g/mol. The van der Waals surface area contributed by atoms with Crippen molar-refractivity contribution in [3.8, 4) is 0 Å². The van der Waals surface area contributed by atoms with Gasteiger partial charge in [0.15, 0.2) is 0 Å². The smallest absolute Gasteiger partial charge is 0.255 e. The quantitative estimate of drug-likeness (QED) is 0.897. The normalized spacial score (nSPS) is 15.5. The number of nitrogens with one attached hydrogen (secondary N) is 2. The molecule has 2 N–H and O–H groups in total. The standard InChI is InChI=1S/C18H21F2N3O/c1-11-16(10-13-14(19)8-5-9-15(13)20)22-18(23-17(11)24)21-12-6-3-2-4-7-12/h5,8-9,12H,2-4,6-7,10H2,1H3,(H2,21,22,23,24). The summed E-state index contributed by atoms with van der Waals surface area (Å²) in [5.41, 5.74) is 0.422. The van der Waals surface area contributed by atoms with Gasteiger partial charge in [0.05, 0.1) is 5.69 Å². The molecule has 0 amide bonds. The Balaban J connectivity index is 1.88. The summed E-state index contributed by atoms with van der Waals surface area (Å²) < 4.78 is 27.7. The van der Waals surface area contributed by atoms with E-state index in [0.29, 0.717) is 17.2 Å². The number of anilines is 1. The van der Waals surface area contributed by atoms with E-state index in [1.807, 2.05) is 0 Å². The van der Waals surface area contributed by atoms with Crippen LogP contribution in [0.3, 0.4) is 0 Å². The Labute approximate surface area is 139 Å². The van der Waals surface area contributed by atoms with Gasteiger partial charge in [0.1, 0.15) is 11.6 Å². The minimum Gasteiger partial charge on any atom is -0.353 e. The van der Waals surface area contributed by atoms with Crippen LogP contribution in [-0.4, -0.2) is 16.0 Å². The fourth-order valence-electron chi connectivity index (χ4n) is 3.13. The van der Waals surface area contributed by atoms with Crippen molar-refractivity contribution in [3.05, 3.63) is 57.0 Å². The SMILES string of the molecule is Cc1c(Cc2c(F)cccc2F)nc(NC2CCCCC2)[nH]c1=O. The molecule has 0 unspecified atom stereocenters. The molecule has 6 heteroatoms. The first kappa shape index (κ1) is 16.6. The molecule has 3 rings (SSSR count). The average Bonchev–Trinajstić information content (AvgIpc) is 2.56. The van der Waals surface area contributed by atoms with E-state index in [2.05, 4.69) is 15.3 Å². The van der Waals surface area contributed by atoms with Crippen LogP contribution in [0.25, 0.3) is 0 Å². The van der Waals surface area contributed by atoms with Gasteiger partial charge in [0.25, 0.3) is 5.56 Å². The van der Waals surface area contributed by atoms with Gasteiger partial charge < -0.3 is 5.32 Å². The van der Waals surface area contributed by atoms with Crippen LogP contribution in [0.2, 0.25) is 0 Å². The lowest BCUT2D eigenvalue weighted by Gasteiger charge is -2.23. The molecule has 0 aliphatic heterocycles. The number of aromatic amines is 1. The van der Waals surface area contributed by atoms with Gasteiger partial charge in [-0.1, -0.05) is 25.3 Å². The lowest BCUT2D eigenvalue weighted by molar-refractivity contribution is 0.460. The third-order valence-corrected chi connectivity index (χ3v) is 4.60. The molecule has 2 aromatic rings. The molecule has 0 spiro atoms. The summed E-state index contributed by atoms with van der Waals surface area (Å²) in [6.45, 7) is 1.62. The Morgan fingerprint density at radius 1 is 1.21 bits per heavy atom. The Hall–Kier alpha value is -2.24. The van der Waals surface area contributed by atoms with Crippen LogP contribution < -0.4 is 10.9 Å². The highest BCUT2D eigenvalue weighted by Crippen LogP contribution is 2.21. The summed E-state index contributed by atoms with van der Waals surface area (Å²) in [6.07, 6.45) is 5.56. The van der Waals surface area contributed by atoms with Crippen LogP contribution in [0.4, 0.5) is 14.7 Å². The molecule has 1 fully saturated rings. The monoisotopic (exact) mass is 333 g/mol. The van der Waals surface area contributed by atoms with Crippen molar-refractivity contribution in [2.75, 3.05) is 5.32 Å². The molecule has 128 valence electrons. The number of hydrogen-bond acceptors (Lipinski definition) is 3. The fraction of sp³-hybridized carbons (Fsp3) is 0.444. The van der Waals surface area contributed by atoms with Gasteiger partial charge in [0, 0.05) is 23.6 Å². The van der Waals surface area contributed by atoms with E-state index >= 15 is 0 Å². The van der Waals surface area contributed by atoms with Gasteiger partial charge in [-0.05, 0) is 31.9 Å². The zero-order chi connectivity index (χ0) is 17.1. The van der Waals surface area contributed by atoms with Gasteiger partial charge in [-0.25, -0.2) is 13.8 Å². The van der Waals surface area contributed by atoms with Crippen molar-refractivity contribution in [2.45, 2.75) is 51.5 Å². The molecule has 24 heavy (non-hydrogen) atoms.